The largest absolute Gasteiger partial charge is 0.495 e. The van der Waals surface area contributed by atoms with E-state index in [1.807, 2.05) is 24.3 Å². The summed E-state index contributed by atoms with van der Waals surface area (Å²) in [7, 11) is 2.95. The maximum Gasteiger partial charge on any atom is 0.353 e. The number of benzene rings is 2. The smallest absolute Gasteiger partial charge is 0.353 e. The van der Waals surface area contributed by atoms with Crippen molar-refractivity contribution in [2.24, 2.45) is 0 Å². The molecule has 2 aromatic carbocycles. The van der Waals surface area contributed by atoms with Crippen LogP contribution in [0.4, 0.5) is 28.7 Å². The average molecular weight is 430 g/mol. The molecule has 1 heterocycles. The summed E-state index contributed by atoms with van der Waals surface area (Å²) < 4.78 is 10.5. The Morgan fingerprint density at radius 3 is 2.23 bits per heavy atom. The Morgan fingerprint density at radius 1 is 1.03 bits per heavy atom. The zero-order chi connectivity index (χ0) is 21.7. The number of nitrogens with one attached hydrogen (secondary N) is 2. The number of hydrogen-bond acceptors (Lipinski definition) is 8. The molecule has 0 radical (unpaired) electrons. The molecule has 0 amide bonds. The summed E-state index contributed by atoms with van der Waals surface area (Å²) in [6, 6.07) is 10.7. The van der Waals surface area contributed by atoms with E-state index in [2.05, 4.69) is 27.5 Å². The van der Waals surface area contributed by atoms with Crippen molar-refractivity contribution in [2.75, 3.05) is 24.9 Å². The molecule has 0 spiro atoms. The van der Waals surface area contributed by atoms with E-state index < -0.39 is 4.92 Å². The lowest BCUT2D eigenvalue weighted by atomic mass is 10.1. The van der Waals surface area contributed by atoms with Gasteiger partial charge in [-0.25, -0.2) is 9.97 Å². The van der Waals surface area contributed by atoms with Crippen LogP contribution in [0.2, 0.25) is 5.02 Å². The highest BCUT2D eigenvalue weighted by Crippen LogP contribution is 2.39. The Morgan fingerprint density at radius 2 is 1.67 bits per heavy atom. The lowest BCUT2D eigenvalue weighted by Crippen LogP contribution is -2.06. The third-order valence-corrected chi connectivity index (χ3v) is 4.65. The highest BCUT2D eigenvalue weighted by Gasteiger charge is 2.24. The molecule has 10 heteroatoms. The number of anilines is 4. The van der Waals surface area contributed by atoms with Gasteiger partial charge in [-0.1, -0.05) is 30.7 Å². The van der Waals surface area contributed by atoms with E-state index in [1.54, 1.807) is 12.1 Å². The van der Waals surface area contributed by atoms with E-state index in [4.69, 9.17) is 21.1 Å². The fourth-order valence-electron chi connectivity index (χ4n) is 2.78. The minimum atomic E-state index is -0.553. The number of ether oxygens (including phenoxy) is 2. The standard InChI is InChI=1S/C20H20ClN5O4/c1-4-12-5-7-13(8-6-12)24-19-18(26(27)28)20(23-11-22-19)25-15-9-14(21)16(29-2)10-17(15)30-3/h5-11H,4H2,1-3H3,(H2,22,23,24,25). The quantitative estimate of drug-likeness (QED) is 0.375. The first kappa shape index (κ1) is 21.1. The molecular weight excluding hydrogens is 410 g/mol. The highest BCUT2D eigenvalue weighted by atomic mass is 35.5. The predicted octanol–water partition coefficient (Wildman–Crippen LogP) is 5.11. The second-order valence-corrected chi connectivity index (χ2v) is 6.57. The predicted molar refractivity (Wildman–Crippen MR) is 116 cm³/mol. The molecule has 0 atom stereocenters. The third kappa shape index (κ3) is 4.52. The van der Waals surface area contributed by atoms with Gasteiger partial charge < -0.3 is 20.1 Å². The van der Waals surface area contributed by atoms with Gasteiger partial charge in [-0.05, 0) is 30.2 Å². The van der Waals surface area contributed by atoms with Crippen molar-refractivity contribution in [2.45, 2.75) is 13.3 Å². The Hall–Kier alpha value is -3.59. The van der Waals surface area contributed by atoms with Gasteiger partial charge in [-0.2, -0.15) is 0 Å². The van der Waals surface area contributed by atoms with E-state index in [0.717, 1.165) is 12.0 Å². The van der Waals surface area contributed by atoms with Crippen molar-refractivity contribution in [3.05, 3.63) is 63.4 Å². The zero-order valence-electron chi connectivity index (χ0n) is 16.6. The van der Waals surface area contributed by atoms with Crippen LogP contribution in [0, 0.1) is 10.1 Å². The second-order valence-electron chi connectivity index (χ2n) is 6.16. The Bertz CT molecular complexity index is 1060. The molecule has 0 saturated carbocycles. The summed E-state index contributed by atoms with van der Waals surface area (Å²) in [6.45, 7) is 2.05. The number of methoxy groups -OCH3 is 2. The fourth-order valence-corrected chi connectivity index (χ4v) is 3.02. The fraction of sp³-hybridized carbons (Fsp3) is 0.200. The molecule has 0 aliphatic carbocycles. The van der Waals surface area contributed by atoms with Crippen molar-refractivity contribution < 1.29 is 14.4 Å². The maximum atomic E-state index is 11.8. The van der Waals surface area contributed by atoms with Gasteiger partial charge in [0.1, 0.15) is 17.8 Å². The molecule has 2 N–H and O–H groups in total. The molecule has 0 aliphatic rings. The number of hydrogen-bond donors (Lipinski definition) is 2. The molecule has 0 fully saturated rings. The van der Waals surface area contributed by atoms with Gasteiger partial charge in [0.25, 0.3) is 0 Å². The van der Waals surface area contributed by atoms with E-state index in [9.17, 15) is 10.1 Å². The molecular formula is C20H20ClN5O4. The lowest BCUT2D eigenvalue weighted by Gasteiger charge is -2.14. The Labute approximate surface area is 178 Å². The number of halogens is 1. The first-order valence-corrected chi connectivity index (χ1v) is 9.38. The molecule has 0 saturated heterocycles. The van der Waals surface area contributed by atoms with Crippen LogP contribution < -0.4 is 20.1 Å². The molecule has 3 aromatic rings. The van der Waals surface area contributed by atoms with E-state index in [1.165, 1.54) is 20.5 Å². The van der Waals surface area contributed by atoms with Gasteiger partial charge in [0.05, 0.1) is 29.9 Å². The lowest BCUT2D eigenvalue weighted by molar-refractivity contribution is -0.383. The van der Waals surface area contributed by atoms with E-state index in [-0.39, 0.29) is 17.3 Å². The summed E-state index contributed by atoms with van der Waals surface area (Å²) >= 11 is 6.19. The number of nitrogens with zero attached hydrogens (tertiary/aromatic N) is 3. The number of aromatic nitrogens is 2. The van der Waals surface area contributed by atoms with Crippen LogP contribution >= 0.6 is 11.6 Å². The average Bonchev–Trinajstić information content (AvgIpc) is 2.74. The first-order chi connectivity index (χ1) is 14.5. The van der Waals surface area contributed by atoms with Crippen molar-refractivity contribution >= 4 is 40.3 Å². The van der Waals surface area contributed by atoms with Crippen molar-refractivity contribution in [1.29, 1.82) is 0 Å². The van der Waals surface area contributed by atoms with Crippen molar-refractivity contribution in [1.82, 2.24) is 9.97 Å². The van der Waals surface area contributed by atoms with Crippen LogP contribution in [-0.4, -0.2) is 29.1 Å². The molecule has 156 valence electrons. The van der Waals surface area contributed by atoms with E-state index in [0.29, 0.717) is 27.9 Å². The Balaban J connectivity index is 1.99. The zero-order valence-corrected chi connectivity index (χ0v) is 17.4. The third-order valence-electron chi connectivity index (χ3n) is 4.36. The van der Waals surface area contributed by atoms with Crippen LogP contribution in [-0.2, 0) is 6.42 Å². The molecule has 3 rings (SSSR count). The van der Waals surface area contributed by atoms with E-state index >= 15 is 0 Å². The maximum absolute atomic E-state index is 11.8. The molecule has 0 aliphatic heterocycles. The summed E-state index contributed by atoms with van der Waals surface area (Å²) in [5.41, 5.74) is 1.91. The molecule has 30 heavy (non-hydrogen) atoms. The molecule has 0 unspecified atom stereocenters. The van der Waals surface area contributed by atoms with Gasteiger partial charge in [-0.15, -0.1) is 0 Å². The van der Waals surface area contributed by atoms with Crippen LogP contribution in [0.15, 0.2) is 42.7 Å². The Kier molecular flexibility index (Phi) is 6.53. The van der Waals surface area contributed by atoms with Gasteiger partial charge >= 0.3 is 5.69 Å². The normalized spacial score (nSPS) is 10.4. The van der Waals surface area contributed by atoms with Gasteiger partial charge in [0, 0.05) is 11.8 Å². The van der Waals surface area contributed by atoms with Crippen molar-refractivity contribution in [3.8, 4) is 11.5 Å². The van der Waals surface area contributed by atoms with Gasteiger partial charge in [-0.3, -0.25) is 10.1 Å². The monoisotopic (exact) mass is 429 g/mol. The topological polar surface area (TPSA) is 111 Å². The first-order valence-electron chi connectivity index (χ1n) is 9.00. The van der Waals surface area contributed by atoms with Gasteiger partial charge in [0.15, 0.2) is 0 Å². The summed E-state index contributed by atoms with van der Waals surface area (Å²) in [5, 5.41) is 18.0. The highest BCUT2D eigenvalue weighted by molar-refractivity contribution is 6.32. The van der Waals surface area contributed by atoms with Crippen molar-refractivity contribution in [3.63, 3.8) is 0 Å². The minimum absolute atomic E-state index is 0.0118. The summed E-state index contributed by atoms with van der Waals surface area (Å²) in [4.78, 5) is 19.3. The number of nitro groups is 1. The summed E-state index contributed by atoms with van der Waals surface area (Å²) in [5.74, 6) is 0.838. The summed E-state index contributed by atoms with van der Waals surface area (Å²) in [6.07, 6.45) is 2.13. The SMILES string of the molecule is CCc1ccc(Nc2ncnc(Nc3cc(Cl)c(OC)cc3OC)c2[N+](=O)[O-])cc1. The second kappa shape index (κ2) is 9.27. The number of rotatable bonds is 8. The minimum Gasteiger partial charge on any atom is -0.495 e. The van der Waals surface area contributed by atoms with Crippen LogP contribution in [0.25, 0.3) is 0 Å². The molecule has 9 nitrogen and oxygen atoms in total. The van der Waals surface area contributed by atoms with Gasteiger partial charge in [0.2, 0.25) is 11.6 Å². The van der Waals surface area contributed by atoms with Crippen LogP contribution in [0.1, 0.15) is 12.5 Å². The van der Waals surface area contributed by atoms with Crippen LogP contribution in [0.3, 0.4) is 0 Å². The van der Waals surface area contributed by atoms with Crippen LogP contribution in [0.5, 0.6) is 11.5 Å². The number of aryl methyl sites for hydroxylation is 1. The molecule has 0 bridgehead atoms. The molecule has 1 aromatic heterocycles.